The number of aromatic nitrogens is 1. The first-order valence-corrected chi connectivity index (χ1v) is 18.6. The largest absolute Gasteiger partial charge is 0.307 e. The van der Waals surface area contributed by atoms with Crippen molar-refractivity contribution >= 4 is 113 Å². The lowest BCUT2D eigenvalue weighted by Crippen LogP contribution is -2.12. The van der Waals surface area contributed by atoms with E-state index in [2.05, 4.69) is 179 Å². The van der Waals surface area contributed by atoms with Gasteiger partial charge in [0.25, 0.3) is 0 Å². The number of rotatable bonds is 4. The molecular weight excluding hydrogens is 645 g/mol. The highest BCUT2D eigenvalue weighted by Gasteiger charge is 2.24. The van der Waals surface area contributed by atoms with Crippen LogP contribution in [0.25, 0.3) is 78.6 Å². The number of nitrogens with zero attached hydrogens (tertiary/aromatic N) is 2. The van der Waals surface area contributed by atoms with Gasteiger partial charge in [0, 0.05) is 57.8 Å². The maximum atomic E-state index is 2.51. The van der Waals surface area contributed by atoms with E-state index in [0.717, 1.165) is 17.1 Å². The molecule has 0 unspecified atom stereocenters. The van der Waals surface area contributed by atoms with E-state index in [1.54, 1.807) is 0 Å². The molecule has 0 saturated carbocycles. The second-order valence-corrected chi connectivity index (χ2v) is 15.0. The summed E-state index contributed by atoms with van der Waals surface area (Å²) in [6.45, 7) is 0. The Balaban J connectivity index is 1.26. The highest BCUT2D eigenvalue weighted by atomic mass is 32.1. The highest BCUT2D eigenvalue weighted by Crippen LogP contribution is 2.49. The smallest absolute Gasteiger partial charge is 0.0782 e. The van der Waals surface area contributed by atoms with Crippen molar-refractivity contribution in [3.05, 3.63) is 170 Å². The van der Waals surface area contributed by atoms with Gasteiger partial charge in [-0.25, -0.2) is 0 Å². The molecule has 50 heavy (non-hydrogen) atoms. The molecule has 234 valence electrons. The molecule has 0 aliphatic heterocycles. The Morgan fingerprint density at radius 1 is 0.420 bits per heavy atom. The molecule has 0 amide bonds. The van der Waals surface area contributed by atoms with Crippen molar-refractivity contribution < 1.29 is 0 Å². The lowest BCUT2D eigenvalue weighted by molar-refractivity contribution is 1.17. The summed E-state index contributed by atoms with van der Waals surface area (Å²) in [5.41, 5.74) is 7.01. The van der Waals surface area contributed by atoms with Gasteiger partial charge >= 0.3 is 0 Å². The zero-order valence-corrected chi connectivity index (χ0v) is 28.5. The van der Waals surface area contributed by atoms with Crippen LogP contribution in [0.2, 0.25) is 0 Å². The molecule has 11 rings (SSSR count). The van der Waals surface area contributed by atoms with Crippen LogP contribution in [0.1, 0.15) is 0 Å². The molecule has 2 nitrogen and oxygen atoms in total. The predicted molar refractivity (Wildman–Crippen MR) is 219 cm³/mol. The Kier molecular flexibility index (Phi) is 6.03. The molecule has 3 heterocycles. The molecular formula is C46H28N2S2. The molecule has 3 aromatic heterocycles. The second-order valence-electron chi connectivity index (χ2n) is 12.9. The SMILES string of the molecule is c1ccc(-n2c3ccccc3c3cccc(N(c4ccc5c(ccc6sc7ccccc7c65)c4)c4cccc5c4sc4ccccc45)c32)cc1. The normalized spacial score (nSPS) is 12.0. The van der Waals surface area contributed by atoms with Gasteiger partial charge in [0.2, 0.25) is 0 Å². The lowest BCUT2D eigenvalue weighted by atomic mass is 10.0. The third kappa shape index (κ3) is 4.01. The molecule has 0 N–H and O–H groups in total. The van der Waals surface area contributed by atoms with Crippen LogP contribution in [0.3, 0.4) is 0 Å². The van der Waals surface area contributed by atoms with Crippen molar-refractivity contribution in [2.24, 2.45) is 0 Å². The second kappa shape index (κ2) is 10.8. The first-order chi connectivity index (χ1) is 24.8. The van der Waals surface area contributed by atoms with Gasteiger partial charge in [-0.05, 0) is 71.4 Å². The van der Waals surface area contributed by atoms with E-state index < -0.39 is 0 Å². The average Bonchev–Trinajstić information content (AvgIpc) is 3.86. The molecule has 0 fully saturated rings. The van der Waals surface area contributed by atoms with Crippen LogP contribution < -0.4 is 4.90 Å². The topological polar surface area (TPSA) is 8.17 Å². The number of thiophene rings is 2. The number of hydrogen-bond donors (Lipinski definition) is 0. The molecule has 0 aliphatic rings. The van der Waals surface area contributed by atoms with Crippen molar-refractivity contribution in [2.75, 3.05) is 4.90 Å². The Bertz CT molecular complexity index is 3110. The van der Waals surface area contributed by atoms with Crippen molar-refractivity contribution in [1.82, 2.24) is 4.57 Å². The fourth-order valence-corrected chi connectivity index (χ4v) is 10.4. The van der Waals surface area contributed by atoms with Gasteiger partial charge in [0.15, 0.2) is 0 Å². The number of anilines is 3. The minimum absolute atomic E-state index is 1.14. The summed E-state index contributed by atoms with van der Waals surface area (Å²) in [7, 11) is 0. The van der Waals surface area contributed by atoms with Gasteiger partial charge in [-0.3, -0.25) is 0 Å². The van der Waals surface area contributed by atoms with Crippen molar-refractivity contribution in [3.8, 4) is 5.69 Å². The lowest BCUT2D eigenvalue weighted by Gasteiger charge is -2.28. The van der Waals surface area contributed by atoms with Crippen LogP contribution in [0.5, 0.6) is 0 Å². The van der Waals surface area contributed by atoms with E-state index in [-0.39, 0.29) is 0 Å². The highest BCUT2D eigenvalue weighted by molar-refractivity contribution is 7.26. The molecule has 11 aromatic rings. The van der Waals surface area contributed by atoms with Crippen LogP contribution >= 0.6 is 22.7 Å². The molecule has 0 atom stereocenters. The molecule has 4 heteroatoms. The van der Waals surface area contributed by atoms with Gasteiger partial charge < -0.3 is 9.47 Å². The first-order valence-electron chi connectivity index (χ1n) is 16.9. The van der Waals surface area contributed by atoms with E-state index in [1.807, 2.05) is 22.7 Å². The fourth-order valence-electron chi connectivity index (χ4n) is 8.02. The Hall–Kier alpha value is -5.94. The van der Waals surface area contributed by atoms with Gasteiger partial charge in [-0.2, -0.15) is 0 Å². The monoisotopic (exact) mass is 672 g/mol. The molecule has 0 aliphatic carbocycles. The zero-order valence-electron chi connectivity index (χ0n) is 26.9. The Morgan fingerprint density at radius 3 is 1.96 bits per heavy atom. The van der Waals surface area contributed by atoms with Gasteiger partial charge in [-0.15, -0.1) is 22.7 Å². The third-order valence-corrected chi connectivity index (χ3v) is 12.5. The zero-order chi connectivity index (χ0) is 32.8. The predicted octanol–water partition coefficient (Wildman–Crippen LogP) is 14.1. The average molecular weight is 673 g/mol. The van der Waals surface area contributed by atoms with Crippen LogP contribution in [0.4, 0.5) is 17.1 Å². The van der Waals surface area contributed by atoms with E-state index in [4.69, 9.17) is 0 Å². The maximum Gasteiger partial charge on any atom is 0.0782 e. The van der Waals surface area contributed by atoms with E-state index >= 15 is 0 Å². The minimum Gasteiger partial charge on any atom is -0.307 e. The van der Waals surface area contributed by atoms with Crippen LogP contribution in [0.15, 0.2) is 170 Å². The fraction of sp³-hybridized carbons (Fsp3) is 0. The molecule has 8 aromatic carbocycles. The molecule has 0 spiro atoms. The van der Waals surface area contributed by atoms with Crippen LogP contribution in [-0.4, -0.2) is 4.57 Å². The Labute approximate surface area is 296 Å². The van der Waals surface area contributed by atoms with Gasteiger partial charge in [-0.1, -0.05) is 109 Å². The number of benzene rings is 8. The van der Waals surface area contributed by atoms with E-state index in [0.29, 0.717) is 0 Å². The summed E-state index contributed by atoms with van der Waals surface area (Å²) in [5.74, 6) is 0. The summed E-state index contributed by atoms with van der Waals surface area (Å²) in [6.07, 6.45) is 0. The van der Waals surface area contributed by atoms with Crippen molar-refractivity contribution in [3.63, 3.8) is 0 Å². The quantitative estimate of drug-likeness (QED) is 0.181. The molecule has 0 radical (unpaired) electrons. The van der Waals surface area contributed by atoms with E-state index in [9.17, 15) is 0 Å². The summed E-state index contributed by atoms with van der Waals surface area (Å²) in [5, 5.41) is 10.3. The first kappa shape index (κ1) is 28.0. The summed E-state index contributed by atoms with van der Waals surface area (Å²) in [6, 6.07) is 62.4. The Morgan fingerprint density at radius 2 is 1.10 bits per heavy atom. The van der Waals surface area contributed by atoms with Gasteiger partial charge in [0.05, 0.1) is 27.1 Å². The minimum atomic E-state index is 1.14. The van der Waals surface area contributed by atoms with Gasteiger partial charge in [0.1, 0.15) is 0 Å². The standard InChI is InChI=1S/C46H28N2S2/c1-2-12-30(13-3-1)48-38-19-7-4-14-33(38)35-17-10-20-39(45(35)48)47(40-21-11-18-36-34-15-5-8-22-41(34)50-46(36)40)31-25-26-32-29(28-31)24-27-43-44(32)37-16-6-9-23-42(37)49-43/h1-28H. The molecule has 0 saturated heterocycles. The third-order valence-electron chi connectivity index (χ3n) is 10.2. The number of hydrogen-bond acceptors (Lipinski definition) is 3. The summed E-state index contributed by atoms with van der Waals surface area (Å²) in [4.78, 5) is 2.51. The molecule has 0 bridgehead atoms. The maximum absolute atomic E-state index is 2.51. The summed E-state index contributed by atoms with van der Waals surface area (Å²) >= 11 is 3.75. The summed E-state index contributed by atoms with van der Waals surface area (Å²) < 4.78 is 7.69. The van der Waals surface area contributed by atoms with Crippen LogP contribution in [-0.2, 0) is 0 Å². The number of para-hydroxylation sites is 3. The van der Waals surface area contributed by atoms with Crippen LogP contribution in [0, 0.1) is 0 Å². The van der Waals surface area contributed by atoms with Crippen molar-refractivity contribution in [1.29, 1.82) is 0 Å². The number of fused-ring (bicyclic) bond motifs is 11. The van der Waals surface area contributed by atoms with E-state index in [1.165, 1.54) is 78.6 Å². The van der Waals surface area contributed by atoms with Crippen molar-refractivity contribution in [2.45, 2.75) is 0 Å².